The number of aromatic nitrogens is 4. The van der Waals surface area contributed by atoms with Crippen LogP contribution in [-0.4, -0.2) is 30.4 Å². The predicted octanol–water partition coefficient (Wildman–Crippen LogP) is 2.51. The molecule has 1 N–H and O–H groups in total. The minimum atomic E-state index is -0.552. The first kappa shape index (κ1) is 15.9. The van der Waals surface area contributed by atoms with Gasteiger partial charge in [-0.3, -0.25) is 19.6 Å². The van der Waals surface area contributed by atoms with Gasteiger partial charge < -0.3 is 5.32 Å². The number of carbonyl (C=O) groups is 1. The van der Waals surface area contributed by atoms with E-state index in [1.54, 1.807) is 29.3 Å². The van der Waals surface area contributed by atoms with Crippen molar-refractivity contribution in [2.45, 2.75) is 6.67 Å². The Balaban J connectivity index is 1.73. The molecule has 3 rings (SSSR count). The molecule has 2 aromatic heterocycles. The largest absolute Gasteiger partial charge is 0.315 e. The molecule has 2 heterocycles. The number of benzene rings is 1. The van der Waals surface area contributed by atoms with Crippen LogP contribution in [0.3, 0.4) is 0 Å². The lowest BCUT2D eigenvalue weighted by Crippen LogP contribution is -2.15. The third kappa shape index (κ3) is 3.49. The van der Waals surface area contributed by atoms with Crippen LogP contribution in [0.15, 0.2) is 53.4 Å². The molecule has 1 aromatic carbocycles. The molecule has 10 heteroatoms. The zero-order valence-corrected chi connectivity index (χ0v) is 13.8. The molecule has 0 fully saturated rings. The zero-order valence-electron chi connectivity index (χ0n) is 12.2. The third-order valence-corrected chi connectivity index (χ3v) is 3.52. The quantitative estimate of drug-likeness (QED) is 0.531. The molecule has 0 aliphatic rings. The van der Waals surface area contributed by atoms with E-state index in [4.69, 9.17) is 0 Å². The highest BCUT2D eigenvalue weighted by Crippen LogP contribution is 2.23. The number of amides is 1. The Morgan fingerprint density at radius 2 is 2.08 bits per heavy atom. The average Bonchev–Trinajstić information content (AvgIpc) is 3.17. The Bertz CT molecular complexity index is 903. The van der Waals surface area contributed by atoms with E-state index in [2.05, 4.69) is 31.4 Å². The number of nitro benzene ring substituents is 1. The van der Waals surface area contributed by atoms with Crippen molar-refractivity contribution in [2.24, 2.45) is 0 Å². The first-order valence-corrected chi connectivity index (χ1v) is 7.58. The summed E-state index contributed by atoms with van der Waals surface area (Å²) in [5, 5.41) is 21.7. The van der Waals surface area contributed by atoms with Crippen LogP contribution in [0.2, 0.25) is 0 Å². The highest BCUT2D eigenvalue weighted by Gasteiger charge is 2.17. The van der Waals surface area contributed by atoms with E-state index in [-0.39, 0.29) is 17.1 Å². The monoisotopic (exact) mass is 390 g/mol. The van der Waals surface area contributed by atoms with Crippen LogP contribution in [0.4, 0.5) is 11.4 Å². The van der Waals surface area contributed by atoms with Gasteiger partial charge in [0.15, 0.2) is 5.69 Å². The van der Waals surface area contributed by atoms with Crippen LogP contribution in [0.5, 0.6) is 0 Å². The summed E-state index contributed by atoms with van der Waals surface area (Å²) in [5.74, 6) is -0.523. The number of nitro groups is 1. The summed E-state index contributed by atoms with van der Waals surface area (Å²) >= 11 is 3.30. The van der Waals surface area contributed by atoms with Gasteiger partial charge in [-0.1, -0.05) is 12.1 Å². The topological polar surface area (TPSA) is 108 Å². The van der Waals surface area contributed by atoms with Crippen LogP contribution in [-0.2, 0) is 6.67 Å². The van der Waals surface area contributed by atoms with Crippen LogP contribution >= 0.6 is 15.9 Å². The molecule has 0 spiro atoms. The lowest BCUT2D eigenvalue weighted by Gasteiger charge is -2.04. The Morgan fingerprint density at radius 3 is 2.79 bits per heavy atom. The van der Waals surface area contributed by atoms with Crippen LogP contribution in [0, 0.1) is 10.1 Å². The Morgan fingerprint density at radius 1 is 1.29 bits per heavy atom. The lowest BCUT2D eigenvalue weighted by molar-refractivity contribution is -0.383. The normalized spacial score (nSPS) is 10.5. The molecule has 3 aromatic rings. The first-order chi connectivity index (χ1) is 11.5. The van der Waals surface area contributed by atoms with Crippen molar-refractivity contribution in [1.82, 2.24) is 19.6 Å². The van der Waals surface area contributed by atoms with Gasteiger partial charge >= 0.3 is 0 Å². The molecule has 1 amide bonds. The molecule has 0 bridgehead atoms. The number of nitrogens with zero attached hydrogens (tertiary/aromatic N) is 5. The number of carbonyl (C=O) groups excluding carboxylic acids is 1. The number of anilines is 1. The molecule has 0 saturated carbocycles. The van der Waals surface area contributed by atoms with Crippen molar-refractivity contribution in [3.05, 3.63) is 69.2 Å². The van der Waals surface area contributed by atoms with E-state index in [0.717, 1.165) is 4.47 Å². The Labute approximate surface area is 144 Å². The first-order valence-electron chi connectivity index (χ1n) is 6.79. The standard InChI is InChI=1S/C14H11BrN6O3/c15-10-7-16-20(8-10)9-19-6-5-12(18-19)14(22)17-11-3-1-2-4-13(11)21(23)24/h1-8H,9H2,(H,17,22). The molecular weight excluding hydrogens is 380 g/mol. The average molecular weight is 391 g/mol. The fraction of sp³-hybridized carbons (Fsp3) is 0.0714. The van der Waals surface area contributed by atoms with Crippen molar-refractivity contribution in [1.29, 1.82) is 0 Å². The van der Waals surface area contributed by atoms with E-state index < -0.39 is 10.8 Å². The molecule has 0 saturated heterocycles. The molecule has 24 heavy (non-hydrogen) atoms. The second-order valence-electron chi connectivity index (χ2n) is 4.81. The van der Waals surface area contributed by atoms with E-state index in [9.17, 15) is 14.9 Å². The van der Waals surface area contributed by atoms with Gasteiger partial charge in [0.25, 0.3) is 11.6 Å². The number of nitrogens with one attached hydrogen (secondary N) is 1. The highest BCUT2D eigenvalue weighted by molar-refractivity contribution is 9.10. The van der Waals surface area contributed by atoms with Crippen molar-refractivity contribution >= 4 is 33.2 Å². The van der Waals surface area contributed by atoms with Gasteiger partial charge in [0.1, 0.15) is 12.4 Å². The minimum absolute atomic E-state index is 0.123. The van der Waals surface area contributed by atoms with Crippen molar-refractivity contribution in [3.8, 4) is 0 Å². The summed E-state index contributed by atoms with van der Waals surface area (Å²) in [6, 6.07) is 7.46. The maximum Gasteiger partial charge on any atom is 0.292 e. The highest BCUT2D eigenvalue weighted by atomic mass is 79.9. The third-order valence-electron chi connectivity index (χ3n) is 3.11. The molecule has 0 aliphatic heterocycles. The number of para-hydroxylation sites is 2. The Hall–Kier alpha value is -3.01. The fourth-order valence-electron chi connectivity index (χ4n) is 2.05. The SMILES string of the molecule is O=C(Nc1ccccc1[N+](=O)[O-])c1ccn(Cn2cc(Br)cn2)n1. The van der Waals surface area contributed by atoms with Gasteiger partial charge in [-0.05, 0) is 28.1 Å². The van der Waals surface area contributed by atoms with Gasteiger partial charge in [-0.2, -0.15) is 10.2 Å². The molecule has 0 radical (unpaired) electrons. The molecule has 0 unspecified atom stereocenters. The van der Waals surface area contributed by atoms with Crippen LogP contribution < -0.4 is 5.32 Å². The molecule has 0 aliphatic carbocycles. The maximum absolute atomic E-state index is 12.2. The van der Waals surface area contributed by atoms with Crippen molar-refractivity contribution in [2.75, 3.05) is 5.32 Å². The van der Waals surface area contributed by atoms with Gasteiger partial charge in [0, 0.05) is 18.5 Å². The molecule has 122 valence electrons. The molecule has 0 atom stereocenters. The van der Waals surface area contributed by atoms with Crippen molar-refractivity contribution < 1.29 is 9.72 Å². The number of hydrogen-bond donors (Lipinski definition) is 1. The number of rotatable bonds is 5. The summed E-state index contributed by atoms with van der Waals surface area (Å²) in [5.41, 5.74) is 0.101. The van der Waals surface area contributed by atoms with Crippen LogP contribution in [0.1, 0.15) is 10.5 Å². The number of halogens is 1. The molecule has 9 nitrogen and oxygen atoms in total. The summed E-state index contributed by atoms with van der Waals surface area (Å²) in [4.78, 5) is 22.6. The van der Waals surface area contributed by atoms with Gasteiger partial charge in [0.05, 0.1) is 15.6 Å². The maximum atomic E-state index is 12.2. The lowest BCUT2D eigenvalue weighted by atomic mass is 10.2. The summed E-state index contributed by atoms with van der Waals surface area (Å²) in [6.45, 7) is 0.338. The van der Waals surface area contributed by atoms with E-state index in [1.165, 1.54) is 28.9 Å². The summed E-state index contributed by atoms with van der Waals surface area (Å²) < 4.78 is 4.01. The van der Waals surface area contributed by atoms with E-state index >= 15 is 0 Å². The van der Waals surface area contributed by atoms with Gasteiger partial charge in [-0.15, -0.1) is 0 Å². The second-order valence-corrected chi connectivity index (χ2v) is 5.72. The van der Waals surface area contributed by atoms with Crippen LogP contribution in [0.25, 0.3) is 0 Å². The Kier molecular flexibility index (Phi) is 4.38. The second kappa shape index (κ2) is 6.62. The fourth-order valence-corrected chi connectivity index (χ4v) is 2.38. The van der Waals surface area contributed by atoms with Gasteiger partial charge in [0.2, 0.25) is 0 Å². The smallest absolute Gasteiger partial charge is 0.292 e. The summed E-state index contributed by atoms with van der Waals surface area (Å²) in [7, 11) is 0. The van der Waals surface area contributed by atoms with Gasteiger partial charge in [-0.25, -0.2) is 4.68 Å². The zero-order chi connectivity index (χ0) is 17.1. The van der Waals surface area contributed by atoms with E-state index in [0.29, 0.717) is 6.67 Å². The molecular formula is C14H11BrN6O3. The van der Waals surface area contributed by atoms with E-state index in [1.807, 2.05) is 0 Å². The van der Waals surface area contributed by atoms with Crippen molar-refractivity contribution in [3.63, 3.8) is 0 Å². The summed E-state index contributed by atoms with van der Waals surface area (Å²) in [6.07, 6.45) is 5.05. The predicted molar refractivity (Wildman–Crippen MR) is 88.6 cm³/mol. The number of hydrogen-bond acceptors (Lipinski definition) is 5. The minimum Gasteiger partial charge on any atom is -0.315 e.